The van der Waals surface area contributed by atoms with Gasteiger partial charge in [-0.3, -0.25) is 4.98 Å². The molecule has 0 saturated heterocycles. The third kappa shape index (κ3) is 4.18. The van der Waals surface area contributed by atoms with Crippen LogP contribution in [0.4, 0.5) is 0 Å². The normalized spacial score (nSPS) is 11.0. The lowest BCUT2D eigenvalue weighted by molar-refractivity contribution is 0.0737. The molecule has 0 N–H and O–H groups in total. The molecule has 6 rings (SSSR count). The second-order valence-electron chi connectivity index (χ2n) is 7.95. The molecule has 0 radical (unpaired) electrons. The maximum atomic E-state index is 13.4. The summed E-state index contributed by atoms with van der Waals surface area (Å²) in [5.41, 5.74) is 4.28. The van der Waals surface area contributed by atoms with E-state index in [2.05, 4.69) is 25.6 Å². The fraction of sp³-hybridized carbons (Fsp3) is 0.0385. The molecule has 2 aromatic carbocycles. The van der Waals surface area contributed by atoms with E-state index in [9.17, 15) is 4.79 Å². The maximum absolute atomic E-state index is 13.4. The van der Waals surface area contributed by atoms with Crippen molar-refractivity contribution in [3.63, 3.8) is 0 Å². The lowest BCUT2D eigenvalue weighted by atomic mass is 10.1. The van der Waals surface area contributed by atoms with Gasteiger partial charge >= 0.3 is 5.97 Å². The number of aromatic nitrogens is 8. The first-order valence-corrected chi connectivity index (χ1v) is 11.1. The Morgan fingerprint density at radius 2 is 1.75 bits per heavy atom. The molecule has 6 aromatic rings. The van der Waals surface area contributed by atoms with Crippen LogP contribution >= 0.6 is 0 Å². The van der Waals surface area contributed by atoms with Crippen molar-refractivity contribution in [2.75, 3.05) is 0 Å². The molecule has 4 heterocycles. The molecule has 10 heteroatoms. The van der Waals surface area contributed by atoms with Crippen LogP contribution in [0.25, 0.3) is 28.0 Å². The van der Waals surface area contributed by atoms with Gasteiger partial charge < -0.3 is 4.74 Å². The number of carbonyl (C=O) groups excluding carboxylic acids is 1. The summed E-state index contributed by atoms with van der Waals surface area (Å²) >= 11 is 0. The van der Waals surface area contributed by atoms with Crippen LogP contribution in [0.3, 0.4) is 0 Å². The van der Waals surface area contributed by atoms with Gasteiger partial charge in [0.05, 0.1) is 35.1 Å². The Bertz CT molecular complexity index is 1630. The molecule has 4 aromatic heterocycles. The SMILES string of the molecule is O=C(Oc1ccc(-n2cnnn2)cc1)c1cc(-c2ccccc2)nc2c1cnn2Cc1ccncc1. The molecule has 0 bridgehead atoms. The van der Waals surface area contributed by atoms with Gasteiger partial charge in [-0.1, -0.05) is 30.3 Å². The number of carbonyl (C=O) groups is 1. The van der Waals surface area contributed by atoms with Gasteiger partial charge in [0, 0.05) is 18.0 Å². The van der Waals surface area contributed by atoms with Crippen LogP contribution in [-0.2, 0) is 6.54 Å². The number of ether oxygens (including phenoxy) is 1. The van der Waals surface area contributed by atoms with Crippen molar-refractivity contribution >= 4 is 17.0 Å². The van der Waals surface area contributed by atoms with E-state index in [1.54, 1.807) is 53.6 Å². The molecular weight excluding hydrogens is 456 g/mol. The number of tetrazole rings is 1. The van der Waals surface area contributed by atoms with E-state index in [1.165, 1.54) is 11.0 Å². The monoisotopic (exact) mass is 474 g/mol. The van der Waals surface area contributed by atoms with E-state index >= 15 is 0 Å². The minimum Gasteiger partial charge on any atom is -0.423 e. The molecular formula is C26H18N8O2. The molecule has 0 aliphatic rings. The van der Waals surface area contributed by atoms with Gasteiger partial charge in [-0.15, -0.1) is 5.10 Å². The summed E-state index contributed by atoms with van der Waals surface area (Å²) in [5.74, 6) is -0.106. The highest BCUT2D eigenvalue weighted by Gasteiger charge is 2.19. The average Bonchev–Trinajstić information content (AvgIpc) is 3.61. The van der Waals surface area contributed by atoms with Crippen LogP contribution in [-0.4, -0.2) is 45.9 Å². The average molecular weight is 474 g/mol. The first-order valence-electron chi connectivity index (χ1n) is 11.1. The first-order chi connectivity index (χ1) is 17.7. The van der Waals surface area contributed by atoms with Gasteiger partial charge in [-0.25, -0.2) is 19.1 Å². The van der Waals surface area contributed by atoms with Crippen LogP contribution < -0.4 is 4.74 Å². The zero-order valence-corrected chi connectivity index (χ0v) is 18.8. The van der Waals surface area contributed by atoms with Crippen LogP contribution in [0.15, 0.2) is 97.7 Å². The van der Waals surface area contributed by atoms with Crippen LogP contribution in [0, 0.1) is 0 Å². The minimum absolute atomic E-state index is 0.379. The Kier molecular flexibility index (Phi) is 5.43. The number of rotatable bonds is 6. The predicted octanol–water partition coefficient (Wildman–Crippen LogP) is 3.74. The predicted molar refractivity (Wildman–Crippen MR) is 130 cm³/mol. The first kappa shape index (κ1) is 21.3. The molecule has 0 aliphatic heterocycles. The number of pyridine rings is 2. The van der Waals surface area contributed by atoms with Crippen LogP contribution in [0.1, 0.15) is 15.9 Å². The van der Waals surface area contributed by atoms with E-state index in [1.807, 2.05) is 42.5 Å². The summed E-state index contributed by atoms with van der Waals surface area (Å²) in [6.45, 7) is 0.490. The van der Waals surface area contributed by atoms with E-state index in [0.717, 1.165) is 16.8 Å². The van der Waals surface area contributed by atoms with Gasteiger partial charge in [-0.05, 0) is 58.5 Å². The highest BCUT2D eigenvalue weighted by atomic mass is 16.5. The molecule has 0 atom stereocenters. The molecule has 0 spiro atoms. The molecule has 0 aliphatic carbocycles. The van der Waals surface area contributed by atoms with E-state index in [4.69, 9.17) is 9.72 Å². The smallest absolute Gasteiger partial charge is 0.344 e. The number of hydrogen-bond donors (Lipinski definition) is 0. The van der Waals surface area contributed by atoms with Gasteiger partial charge in [0.1, 0.15) is 12.1 Å². The van der Waals surface area contributed by atoms with E-state index in [-0.39, 0.29) is 0 Å². The van der Waals surface area contributed by atoms with Gasteiger partial charge in [0.2, 0.25) is 0 Å². The van der Waals surface area contributed by atoms with Crippen molar-refractivity contribution in [3.8, 4) is 22.7 Å². The Balaban J connectivity index is 1.38. The van der Waals surface area contributed by atoms with Gasteiger partial charge in [-0.2, -0.15) is 5.10 Å². The second kappa shape index (κ2) is 9.18. The highest BCUT2D eigenvalue weighted by molar-refractivity contribution is 6.04. The minimum atomic E-state index is -0.502. The fourth-order valence-corrected chi connectivity index (χ4v) is 3.86. The second-order valence-corrected chi connectivity index (χ2v) is 7.95. The molecule has 0 unspecified atom stereocenters. The van der Waals surface area contributed by atoms with Crippen LogP contribution in [0.2, 0.25) is 0 Å². The summed E-state index contributed by atoms with van der Waals surface area (Å²) in [6, 6.07) is 22.2. The van der Waals surface area contributed by atoms with Crippen molar-refractivity contribution in [1.29, 1.82) is 0 Å². The van der Waals surface area contributed by atoms with Crippen LogP contribution in [0.5, 0.6) is 5.75 Å². The lowest BCUT2D eigenvalue weighted by Crippen LogP contribution is -2.11. The summed E-state index contributed by atoms with van der Waals surface area (Å²) < 4.78 is 9.01. The highest BCUT2D eigenvalue weighted by Crippen LogP contribution is 2.27. The number of benzene rings is 2. The van der Waals surface area contributed by atoms with Crippen molar-refractivity contribution in [3.05, 3.63) is 109 Å². The Morgan fingerprint density at radius 3 is 2.50 bits per heavy atom. The molecule has 0 fully saturated rings. The number of fused-ring (bicyclic) bond motifs is 1. The zero-order chi connectivity index (χ0) is 24.3. The quantitative estimate of drug-likeness (QED) is 0.265. The standard InChI is InChI=1S/C26H18N8O2/c35-26(36-21-8-6-20(7-9-21)34-17-28-31-32-34)22-14-24(19-4-2-1-3-5-19)30-25-23(22)15-29-33(25)16-18-10-12-27-13-11-18/h1-15,17H,16H2. The molecule has 174 valence electrons. The third-order valence-corrected chi connectivity index (χ3v) is 5.64. The van der Waals surface area contributed by atoms with Crippen molar-refractivity contribution < 1.29 is 9.53 Å². The molecule has 0 saturated carbocycles. The topological polar surface area (TPSA) is 114 Å². The van der Waals surface area contributed by atoms with Crippen molar-refractivity contribution in [2.24, 2.45) is 0 Å². The van der Waals surface area contributed by atoms with Crippen molar-refractivity contribution in [2.45, 2.75) is 6.54 Å². The summed E-state index contributed by atoms with van der Waals surface area (Å²) in [6.07, 6.45) is 6.60. The Hall–Kier alpha value is -5.25. The molecule has 0 amide bonds. The zero-order valence-electron chi connectivity index (χ0n) is 18.8. The lowest BCUT2D eigenvalue weighted by Gasteiger charge is -2.10. The summed E-state index contributed by atoms with van der Waals surface area (Å²) in [4.78, 5) is 22.3. The number of nitrogens with zero attached hydrogens (tertiary/aromatic N) is 8. The Morgan fingerprint density at radius 1 is 0.944 bits per heavy atom. The molecule has 10 nitrogen and oxygen atoms in total. The Labute approximate surface area is 204 Å². The van der Waals surface area contributed by atoms with E-state index < -0.39 is 5.97 Å². The number of esters is 1. The number of hydrogen-bond acceptors (Lipinski definition) is 8. The summed E-state index contributed by atoms with van der Waals surface area (Å²) in [7, 11) is 0. The van der Waals surface area contributed by atoms with E-state index in [0.29, 0.717) is 34.6 Å². The summed E-state index contributed by atoms with van der Waals surface area (Å²) in [5, 5.41) is 16.2. The van der Waals surface area contributed by atoms with Crippen molar-refractivity contribution in [1.82, 2.24) is 40.0 Å². The van der Waals surface area contributed by atoms with Gasteiger partial charge in [0.15, 0.2) is 5.65 Å². The maximum Gasteiger partial charge on any atom is 0.344 e. The fourth-order valence-electron chi connectivity index (χ4n) is 3.86. The van der Waals surface area contributed by atoms with Gasteiger partial charge in [0.25, 0.3) is 0 Å². The third-order valence-electron chi connectivity index (χ3n) is 5.64. The molecule has 36 heavy (non-hydrogen) atoms. The largest absolute Gasteiger partial charge is 0.423 e.